The van der Waals surface area contributed by atoms with Crippen molar-refractivity contribution in [3.05, 3.63) is 96.0 Å². The van der Waals surface area contributed by atoms with Gasteiger partial charge in [0.15, 0.2) is 11.9 Å². The van der Waals surface area contributed by atoms with Crippen molar-refractivity contribution < 1.29 is 8.98 Å². The van der Waals surface area contributed by atoms with Gasteiger partial charge in [0, 0.05) is 28.5 Å². The molecule has 0 aliphatic rings. The van der Waals surface area contributed by atoms with Crippen LogP contribution >= 0.6 is 0 Å². The van der Waals surface area contributed by atoms with Crippen LogP contribution in [0.3, 0.4) is 0 Å². The summed E-state index contributed by atoms with van der Waals surface area (Å²) >= 11 is 0. The van der Waals surface area contributed by atoms with E-state index in [4.69, 9.17) is 11.0 Å². The van der Waals surface area contributed by atoms with Crippen LogP contribution in [0.5, 0.6) is 0 Å². The first-order valence-electron chi connectivity index (χ1n) is 9.54. The molecule has 0 N–H and O–H groups in total. The van der Waals surface area contributed by atoms with Gasteiger partial charge in [-0.1, -0.05) is 30.3 Å². The van der Waals surface area contributed by atoms with Crippen LogP contribution in [-0.4, -0.2) is 0 Å². The van der Waals surface area contributed by atoms with Gasteiger partial charge in [0.25, 0.3) is 0 Å². The van der Waals surface area contributed by atoms with E-state index in [0.717, 1.165) is 44.3 Å². The molecule has 0 unspecified atom stereocenters. The van der Waals surface area contributed by atoms with E-state index in [0.29, 0.717) is 5.69 Å². The van der Waals surface area contributed by atoms with E-state index in [1.807, 2.05) is 48.5 Å². The number of nitrogens with zero attached hydrogens (tertiary/aromatic N) is 2. The zero-order valence-corrected chi connectivity index (χ0v) is 16.3. The van der Waals surface area contributed by atoms with Gasteiger partial charge in [0.05, 0.1) is 6.57 Å². The van der Waals surface area contributed by atoms with Gasteiger partial charge in [-0.3, -0.25) is 0 Å². The van der Waals surface area contributed by atoms with Gasteiger partial charge in [0.2, 0.25) is 5.69 Å². The summed E-state index contributed by atoms with van der Waals surface area (Å²) < 4.78 is 8.33. The molecule has 29 heavy (non-hydrogen) atoms. The van der Waals surface area contributed by atoms with E-state index in [-0.39, 0.29) is 0 Å². The van der Waals surface area contributed by atoms with E-state index >= 15 is 0 Å². The summed E-state index contributed by atoms with van der Waals surface area (Å²) in [4.78, 5) is 3.80. The summed E-state index contributed by atoms with van der Waals surface area (Å²) in [5, 5.41) is 2.01. The highest BCUT2D eigenvalue weighted by molar-refractivity contribution is 6.09. The first kappa shape index (κ1) is 17.2. The molecule has 0 saturated heterocycles. The van der Waals surface area contributed by atoms with Gasteiger partial charge in [-0.15, -0.1) is 0 Å². The zero-order chi connectivity index (χ0) is 20.0. The van der Waals surface area contributed by atoms with Gasteiger partial charge in [-0.05, 0) is 53.9 Å². The normalized spacial score (nSPS) is 11.1. The van der Waals surface area contributed by atoms with Crippen molar-refractivity contribution in [2.75, 3.05) is 0 Å². The van der Waals surface area contributed by atoms with Gasteiger partial charge in [-0.25, -0.2) is 9.41 Å². The lowest BCUT2D eigenvalue weighted by Gasteiger charge is -2.05. The Bertz CT molecular complexity index is 1420. The first-order chi connectivity index (χ1) is 14.2. The highest BCUT2D eigenvalue weighted by Gasteiger charge is 2.17. The molecule has 0 spiro atoms. The van der Waals surface area contributed by atoms with Crippen LogP contribution in [-0.2, 0) is 7.05 Å². The van der Waals surface area contributed by atoms with Crippen molar-refractivity contribution in [2.45, 2.75) is 6.92 Å². The van der Waals surface area contributed by atoms with Crippen molar-refractivity contribution in [1.29, 1.82) is 0 Å². The van der Waals surface area contributed by atoms with Gasteiger partial charge >= 0.3 is 0 Å². The quantitative estimate of drug-likeness (QED) is 0.251. The largest absolute Gasteiger partial charge is 0.456 e. The fraction of sp³-hybridized carbons (Fsp3) is 0.0769. The number of furan rings is 1. The monoisotopic (exact) mass is 375 g/mol. The van der Waals surface area contributed by atoms with Crippen LogP contribution in [0, 0.1) is 13.5 Å². The van der Waals surface area contributed by atoms with Gasteiger partial charge in [0.1, 0.15) is 18.2 Å². The molecule has 0 amide bonds. The molecule has 3 aromatic carbocycles. The summed E-state index contributed by atoms with van der Waals surface area (Å²) in [6, 6.07) is 24.4. The summed E-state index contributed by atoms with van der Waals surface area (Å²) in [5.41, 5.74) is 7.69. The Kier molecular flexibility index (Phi) is 3.93. The molecule has 0 bridgehead atoms. The lowest BCUT2D eigenvalue weighted by atomic mass is 9.98. The number of hydrogen-bond acceptors (Lipinski definition) is 1. The van der Waals surface area contributed by atoms with Crippen LogP contribution in [0.2, 0.25) is 0 Å². The van der Waals surface area contributed by atoms with Crippen LogP contribution in [0.25, 0.3) is 49.2 Å². The molecule has 0 radical (unpaired) electrons. The topological polar surface area (TPSA) is 21.4 Å². The van der Waals surface area contributed by atoms with Crippen LogP contribution in [0.15, 0.2) is 83.4 Å². The van der Waals surface area contributed by atoms with Crippen LogP contribution in [0.1, 0.15) is 5.56 Å². The predicted octanol–water partition coefficient (Wildman–Crippen LogP) is 6.60. The molecule has 0 aliphatic carbocycles. The summed E-state index contributed by atoms with van der Waals surface area (Å²) in [7, 11) is 2.05. The van der Waals surface area contributed by atoms with Gasteiger partial charge in [-0.2, -0.15) is 0 Å². The minimum atomic E-state index is 0.638. The van der Waals surface area contributed by atoms with E-state index in [1.54, 1.807) is 0 Å². The number of pyridine rings is 1. The predicted molar refractivity (Wildman–Crippen MR) is 117 cm³/mol. The SMILES string of the molecule is [C-]#[N+]c1cc2c(cc1-c1ccccc1)oc1cc(C)c(-c3cccc[n+]3C)cc12. The summed E-state index contributed by atoms with van der Waals surface area (Å²) in [6.45, 7) is 9.81. The average Bonchev–Trinajstić information content (AvgIpc) is 3.09. The lowest BCUT2D eigenvalue weighted by Crippen LogP contribution is -2.30. The second kappa shape index (κ2) is 6.61. The number of rotatable bonds is 2. The maximum atomic E-state index is 7.70. The Hall–Kier alpha value is -3.90. The Morgan fingerprint density at radius 3 is 2.31 bits per heavy atom. The molecule has 0 atom stereocenters. The third kappa shape index (κ3) is 2.78. The third-order valence-corrected chi connectivity index (χ3v) is 5.47. The minimum absolute atomic E-state index is 0.638. The van der Waals surface area contributed by atoms with Crippen molar-refractivity contribution >= 4 is 27.6 Å². The molecular formula is C26H19N2O+. The Balaban J connectivity index is 1.80. The van der Waals surface area contributed by atoms with E-state index in [9.17, 15) is 0 Å². The molecule has 0 saturated carbocycles. The fourth-order valence-electron chi connectivity index (χ4n) is 3.98. The summed E-state index contributed by atoms with van der Waals surface area (Å²) in [6.07, 6.45) is 2.05. The Morgan fingerprint density at radius 1 is 0.828 bits per heavy atom. The number of aryl methyl sites for hydroxylation is 2. The second-order valence-electron chi connectivity index (χ2n) is 7.31. The second-order valence-corrected chi connectivity index (χ2v) is 7.31. The number of benzene rings is 3. The maximum Gasteiger partial charge on any atom is 0.212 e. The minimum Gasteiger partial charge on any atom is -0.456 e. The molecule has 0 aliphatic heterocycles. The number of fused-ring (bicyclic) bond motifs is 3. The highest BCUT2D eigenvalue weighted by Crippen LogP contribution is 2.40. The zero-order valence-electron chi connectivity index (χ0n) is 16.3. The van der Waals surface area contributed by atoms with Crippen molar-refractivity contribution in [2.24, 2.45) is 7.05 Å². The number of hydrogen-bond donors (Lipinski definition) is 0. The molecule has 3 nitrogen and oxygen atoms in total. The molecule has 2 heterocycles. The maximum absolute atomic E-state index is 7.70. The Labute approximate surface area is 169 Å². The highest BCUT2D eigenvalue weighted by atomic mass is 16.3. The Morgan fingerprint density at radius 2 is 1.55 bits per heavy atom. The molecule has 5 aromatic rings. The molecule has 138 valence electrons. The van der Waals surface area contributed by atoms with Crippen molar-refractivity contribution in [3.8, 4) is 22.4 Å². The smallest absolute Gasteiger partial charge is 0.212 e. The van der Waals surface area contributed by atoms with E-state index in [1.165, 1.54) is 5.56 Å². The standard InChI is InChI=1S/C26H19N2O/c1-17-13-25-21(14-19(17)24-11-7-8-12-28(24)3)22-15-23(27-2)20(16-26(22)29-25)18-9-5-4-6-10-18/h4-16H,1,3H3/q+1. The molecule has 3 heteroatoms. The number of aromatic nitrogens is 1. The van der Waals surface area contributed by atoms with Gasteiger partial charge < -0.3 is 4.42 Å². The third-order valence-electron chi connectivity index (χ3n) is 5.47. The van der Waals surface area contributed by atoms with Crippen molar-refractivity contribution in [3.63, 3.8) is 0 Å². The summed E-state index contributed by atoms with van der Waals surface area (Å²) in [5.74, 6) is 0. The average molecular weight is 375 g/mol. The fourth-order valence-corrected chi connectivity index (χ4v) is 3.98. The molecule has 5 rings (SSSR count). The van der Waals surface area contributed by atoms with E-state index in [2.05, 4.69) is 53.8 Å². The first-order valence-corrected chi connectivity index (χ1v) is 9.54. The van der Waals surface area contributed by atoms with E-state index < -0.39 is 0 Å². The van der Waals surface area contributed by atoms with Crippen LogP contribution in [0.4, 0.5) is 5.69 Å². The van der Waals surface area contributed by atoms with Crippen LogP contribution < -0.4 is 4.57 Å². The molecule has 0 fully saturated rings. The van der Waals surface area contributed by atoms with Crippen molar-refractivity contribution in [1.82, 2.24) is 0 Å². The lowest BCUT2D eigenvalue weighted by molar-refractivity contribution is -0.660. The molecular weight excluding hydrogens is 356 g/mol. The molecule has 2 aromatic heterocycles.